The largest absolute Gasteiger partial charge is 0.366 e. The molecule has 0 amide bonds. The van der Waals surface area contributed by atoms with E-state index in [0.717, 1.165) is 17.1 Å². The summed E-state index contributed by atoms with van der Waals surface area (Å²) in [6, 6.07) is 4.13. The molecule has 0 aliphatic heterocycles. The van der Waals surface area contributed by atoms with Crippen LogP contribution >= 0.6 is 34.3 Å². The molecular formula is C12H14ClNOS2. The Kier molecular flexibility index (Phi) is 4.98. The van der Waals surface area contributed by atoms with Crippen molar-refractivity contribution in [2.45, 2.75) is 31.9 Å². The van der Waals surface area contributed by atoms with E-state index in [1.54, 1.807) is 22.7 Å². The second-order valence-corrected chi connectivity index (χ2v) is 5.79. The van der Waals surface area contributed by atoms with E-state index >= 15 is 0 Å². The SMILES string of the molecule is CCC(OCc1cccs1)c1nc(CCl)cs1. The number of halogens is 1. The van der Waals surface area contributed by atoms with Gasteiger partial charge in [-0.2, -0.15) is 0 Å². The maximum atomic E-state index is 5.89. The fourth-order valence-electron chi connectivity index (χ4n) is 1.47. The summed E-state index contributed by atoms with van der Waals surface area (Å²) >= 11 is 9.10. The van der Waals surface area contributed by atoms with Crippen LogP contribution in [0.25, 0.3) is 0 Å². The van der Waals surface area contributed by atoms with Gasteiger partial charge in [-0.05, 0) is 17.9 Å². The van der Waals surface area contributed by atoms with Crippen LogP contribution < -0.4 is 0 Å². The van der Waals surface area contributed by atoms with Crippen molar-refractivity contribution in [1.29, 1.82) is 0 Å². The van der Waals surface area contributed by atoms with Crippen LogP contribution in [-0.2, 0) is 17.2 Å². The molecule has 5 heteroatoms. The highest BCUT2D eigenvalue weighted by Gasteiger charge is 2.14. The molecule has 0 radical (unpaired) electrons. The molecule has 1 atom stereocenters. The predicted molar refractivity (Wildman–Crippen MR) is 73.8 cm³/mol. The van der Waals surface area contributed by atoms with E-state index in [4.69, 9.17) is 16.3 Å². The Balaban J connectivity index is 1.96. The number of hydrogen-bond donors (Lipinski definition) is 0. The van der Waals surface area contributed by atoms with Crippen LogP contribution in [0.4, 0.5) is 0 Å². The first-order chi connectivity index (χ1) is 8.33. The van der Waals surface area contributed by atoms with Gasteiger partial charge in [0.25, 0.3) is 0 Å². The molecule has 92 valence electrons. The molecule has 2 aromatic heterocycles. The first kappa shape index (κ1) is 13.0. The minimum absolute atomic E-state index is 0.0825. The van der Waals surface area contributed by atoms with E-state index in [1.165, 1.54) is 4.88 Å². The Morgan fingerprint density at radius 1 is 1.47 bits per heavy atom. The standard InChI is InChI=1S/C12H14ClNOS2/c1-2-11(12-14-9(6-13)8-17-12)15-7-10-4-3-5-16-10/h3-5,8,11H,2,6-7H2,1H3. The maximum Gasteiger partial charge on any atom is 0.122 e. The normalized spacial score (nSPS) is 12.8. The molecule has 0 aliphatic carbocycles. The maximum absolute atomic E-state index is 5.89. The second kappa shape index (κ2) is 6.50. The number of alkyl halides is 1. The zero-order valence-electron chi connectivity index (χ0n) is 9.56. The minimum Gasteiger partial charge on any atom is -0.366 e. The van der Waals surface area contributed by atoms with Crippen LogP contribution in [-0.4, -0.2) is 4.98 Å². The van der Waals surface area contributed by atoms with Crippen LogP contribution in [0.2, 0.25) is 0 Å². The Morgan fingerprint density at radius 2 is 2.35 bits per heavy atom. The van der Waals surface area contributed by atoms with Gasteiger partial charge in [0.2, 0.25) is 0 Å². The fraction of sp³-hybridized carbons (Fsp3) is 0.417. The first-order valence-corrected chi connectivity index (χ1v) is 7.77. The molecule has 2 heterocycles. The lowest BCUT2D eigenvalue weighted by atomic mass is 10.3. The smallest absolute Gasteiger partial charge is 0.122 e. The molecule has 0 aliphatic rings. The van der Waals surface area contributed by atoms with E-state index in [0.29, 0.717) is 12.5 Å². The highest BCUT2D eigenvalue weighted by atomic mass is 35.5. The number of hydrogen-bond acceptors (Lipinski definition) is 4. The number of rotatable bonds is 6. The van der Waals surface area contributed by atoms with E-state index < -0.39 is 0 Å². The number of thiophene rings is 1. The summed E-state index contributed by atoms with van der Waals surface area (Å²) in [6.45, 7) is 2.77. The lowest BCUT2D eigenvalue weighted by Crippen LogP contribution is -2.02. The van der Waals surface area contributed by atoms with Gasteiger partial charge in [0.05, 0.1) is 18.2 Å². The topological polar surface area (TPSA) is 22.1 Å². The summed E-state index contributed by atoms with van der Waals surface area (Å²) in [5.74, 6) is 0.470. The highest BCUT2D eigenvalue weighted by Crippen LogP contribution is 2.26. The summed E-state index contributed by atoms with van der Waals surface area (Å²) in [7, 11) is 0. The van der Waals surface area contributed by atoms with Gasteiger partial charge < -0.3 is 4.74 Å². The summed E-state index contributed by atoms with van der Waals surface area (Å²) in [6.07, 6.45) is 1.01. The number of thiazole rings is 1. The molecule has 2 aromatic rings. The lowest BCUT2D eigenvalue weighted by molar-refractivity contribution is 0.0385. The van der Waals surface area contributed by atoms with Crippen molar-refractivity contribution in [2.24, 2.45) is 0 Å². The van der Waals surface area contributed by atoms with Gasteiger partial charge in [-0.25, -0.2) is 4.98 Å². The zero-order chi connectivity index (χ0) is 12.1. The quantitative estimate of drug-likeness (QED) is 0.724. The molecule has 17 heavy (non-hydrogen) atoms. The van der Waals surface area contributed by atoms with Gasteiger partial charge in [-0.1, -0.05) is 13.0 Å². The van der Waals surface area contributed by atoms with Gasteiger partial charge in [0.1, 0.15) is 11.1 Å². The van der Waals surface area contributed by atoms with Crippen molar-refractivity contribution in [3.8, 4) is 0 Å². The highest BCUT2D eigenvalue weighted by molar-refractivity contribution is 7.10. The van der Waals surface area contributed by atoms with Crippen LogP contribution in [0.3, 0.4) is 0 Å². The van der Waals surface area contributed by atoms with Crippen LogP contribution in [0.1, 0.15) is 35.0 Å². The summed E-state index contributed by atoms with van der Waals surface area (Å²) in [4.78, 5) is 5.71. The molecule has 2 nitrogen and oxygen atoms in total. The second-order valence-electron chi connectivity index (χ2n) is 3.60. The Hall–Kier alpha value is -0.420. The van der Waals surface area contributed by atoms with Gasteiger partial charge in [0, 0.05) is 10.3 Å². The Morgan fingerprint density at radius 3 is 2.94 bits per heavy atom. The lowest BCUT2D eigenvalue weighted by Gasteiger charge is -2.12. The van der Waals surface area contributed by atoms with Crippen LogP contribution in [0.15, 0.2) is 22.9 Å². The summed E-state index contributed by atoms with van der Waals surface area (Å²) < 4.78 is 5.89. The van der Waals surface area contributed by atoms with Crippen molar-refractivity contribution >= 4 is 34.3 Å². The van der Waals surface area contributed by atoms with Crippen molar-refractivity contribution in [2.75, 3.05) is 0 Å². The third-order valence-electron chi connectivity index (χ3n) is 2.36. The zero-order valence-corrected chi connectivity index (χ0v) is 11.9. The number of ether oxygens (including phenoxy) is 1. The molecule has 1 unspecified atom stereocenters. The molecule has 0 spiro atoms. The number of aromatic nitrogens is 1. The van der Waals surface area contributed by atoms with Crippen molar-refractivity contribution in [3.63, 3.8) is 0 Å². The average molecular weight is 288 g/mol. The molecule has 2 rings (SSSR count). The Labute approximate surface area is 114 Å². The van der Waals surface area contributed by atoms with Gasteiger partial charge in [-0.15, -0.1) is 34.3 Å². The van der Waals surface area contributed by atoms with E-state index in [9.17, 15) is 0 Å². The monoisotopic (exact) mass is 287 g/mol. The van der Waals surface area contributed by atoms with E-state index in [-0.39, 0.29) is 6.10 Å². The van der Waals surface area contributed by atoms with E-state index in [1.807, 2.05) is 11.4 Å². The fourth-order valence-corrected chi connectivity index (χ4v) is 3.28. The molecule has 0 saturated carbocycles. The molecule has 0 aromatic carbocycles. The Bertz CT molecular complexity index is 441. The third-order valence-corrected chi connectivity index (χ3v) is 4.47. The molecule has 0 saturated heterocycles. The molecule has 0 N–H and O–H groups in total. The van der Waals surface area contributed by atoms with Gasteiger partial charge in [0.15, 0.2) is 0 Å². The third kappa shape index (κ3) is 3.52. The molecule has 0 fully saturated rings. The van der Waals surface area contributed by atoms with Crippen molar-refractivity contribution < 1.29 is 4.74 Å². The average Bonchev–Trinajstić information content (AvgIpc) is 3.00. The summed E-state index contributed by atoms with van der Waals surface area (Å²) in [5, 5.41) is 5.09. The molecular weight excluding hydrogens is 274 g/mol. The van der Waals surface area contributed by atoms with Gasteiger partial charge >= 0.3 is 0 Å². The first-order valence-electron chi connectivity index (χ1n) is 5.47. The number of nitrogens with zero attached hydrogens (tertiary/aromatic N) is 1. The van der Waals surface area contributed by atoms with Crippen molar-refractivity contribution in [3.05, 3.63) is 38.5 Å². The summed E-state index contributed by atoms with van der Waals surface area (Å²) in [5.41, 5.74) is 0.935. The van der Waals surface area contributed by atoms with Crippen LogP contribution in [0, 0.1) is 0 Å². The van der Waals surface area contributed by atoms with E-state index in [2.05, 4.69) is 23.4 Å². The predicted octanol–water partition coefficient (Wildman–Crippen LogP) is 4.61. The van der Waals surface area contributed by atoms with Crippen LogP contribution in [0.5, 0.6) is 0 Å². The molecule has 0 bridgehead atoms. The minimum atomic E-state index is 0.0825. The van der Waals surface area contributed by atoms with Gasteiger partial charge in [-0.3, -0.25) is 0 Å². The van der Waals surface area contributed by atoms with Crippen molar-refractivity contribution in [1.82, 2.24) is 4.98 Å².